The maximum Gasteiger partial charge on any atom is 0.276 e. The number of hydrogen-bond donors (Lipinski definition) is 3. The summed E-state index contributed by atoms with van der Waals surface area (Å²) >= 11 is 32.1. The Hall–Kier alpha value is -14.2. The highest BCUT2D eigenvalue weighted by molar-refractivity contribution is 6.38. The first-order valence-electron chi connectivity index (χ1n) is 43.9. The van der Waals surface area contributed by atoms with E-state index in [0.717, 1.165) is 4.57 Å². The molecule has 0 radical (unpaired) electrons. The topological polar surface area (TPSA) is 363 Å². The average molecular weight is 2040 g/mol. The molecule has 9 aromatic heterocycles. The molecule has 3 aliphatic heterocycles. The molecular weight excluding hydrogens is 1950 g/mol. The first-order chi connectivity index (χ1) is 66.5. The molecular formula is C99H90Cl5F10N21O6. The number of nitrogen functional groups attached to an aromatic ring is 3. The number of pyridine rings is 9. The van der Waals surface area contributed by atoms with Gasteiger partial charge in [-0.25, -0.2) is 58.9 Å². The van der Waals surface area contributed by atoms with Gasteiger partial charge in [0.15, 0.2) is 58.2 Å². The number of fused-ring (bicyclic) bond motifs is 3. The minimum Gasteiger partial charge on any atom is -0.396 e. The van der Waals surface area contributed by atoms with Crippen LogP contribution in [0, 0.1) is 113 Å². The number of piperazine rings is 3. The van der Waals surface area contributed by atoms with Gasteiger partial charge in [-0.15, -0.1) is 0 Å². The number of hydrogen-bond acceptors (Lipinski definition) is 21. The van der Waals surface area contributed by atoms with E-state index in [-0.39, 0.29) is 199 Å². The molecule has 3 fully saturated rings. The first-order valence-corrected chi connectivity index (χ1v) is 45.8. The number of rotatable bonds is 15. The number of nitriles is 3. The highest BCUT2D eigenvalue weighted by Crippen LogP contribution is 2.49. The van der Waals surface area contributed by atoms with Crippen LogP contribution in [0.3, 0.4) is 0 Å². The fraction of sp³-hybridized carbons (Fsp3) is 0.303. The van der Waals surface area contributed by atoms with E-state index >= 15 is 13.2 Å². The van der Waals surface area contributed by atoms with Gasteiger partial charge in [0.05, 0.1) is 122 Å². The van der Waals surface area contributed by atoms with Crippen LogP contribution in [0.1, 0.15) is 151 Å². The summed E-state index contributed by atoms with van der Waals surface area (Å²) in [6.07, 6.45) is 8.39. The van der Waals surface area contributed by atoms with Crippen molar-refractivity contribution in [1.29, 1.82) is 15.8 Å². The molecule has 6 N–H and O–H groups in total. The lowest BCUT2D eigenvalue weighted by Gasteiger charge is -2.45. The maximum absolute atomic E-state index is 15.5. The molecule has 12 heterocycles. The van der Waals surface area contributed by atoms with Crippen LogP contribution in [0.2, 0.25) is 25.1 Å². The number of aromatic nitrogens is 9. The lowest BCUT2D eigenvalue weighted by Crippen LogP contribution is -2.58. The molecule has 0 bridgehead atoms. The Labute approximate surface area is 826 Å². The van der Waals surface area contributed by atoms with E-state index < -0.39 is 136 Å². The van der Waals surface area contributed by atoms with Crippen molar-refractivity contribution < 1.29 is 58.3 Å². The molecule has 732 valence electrons. The maximum atomic E-state index is 15.5. The number of aryl methyl sites for hydroxylation is 3. The molecule has 3 aliphatic rings. The van der Waals surface area contributed by atoms with Crippen LogP contribution in [0.15, 0.2) is 107 Å². The quantitative estimate of drug-likeness (QED) is 0.0282. The minimum atomic E-state index is -2.12. The fourth-order valence-corrected chi connectivity index (χ4v) is 20.0. The normalized spacial score (nSPS) is 16.6. The van der Waals surface area contributed by atoms with Crippen molar-refractivity contribution in [2.75, 3.05) is 71.2 Å². The lowest BCUT2D eigenvalue weighted by molar-refractivity contribution is -0.131. The summed E-state index contributed by atoms with van der Waals surface area (Å²) in [6, 6.07) is 13.0. The van der Waals surface area contributed by atoms with Crippen molar-refractivity contribution in [1.82, 2.24) is 58.3 Å². The van der Waals surface area contributed by atoms with Crippen molar-refractivity contribution in [3.8, 4) is 69.0 Å². The number of nitrogens with two attached hydrogens (primary N) is 3. The molecule has 0 aliphatic carbocycles. The second-order valence-electron chi connectivity index (χ2n) is 35.3. The summed E-state index contributed by atoms with van der Waals surface area (Å²) in [4.78, 5) is 119. The molecule has 3 amide bonds. The Morgan fingerprint density at radius 1 is 0.383 bits per heavy atom. The molecule has 141 heavy (non-hydrogen) atoms. The molecule has 6 atom stereocenters. The van der Waals surface area contributed by atoms with Gasteiger partial charge in [-0.3, -0.25) is 57.4 Å². The second-order valence-corrected chi connectivity index (χ2v) is 37.3. The molecule has 15 rings (SSSR count). The Balaban J connectivity index is 0.000000178. The van der Waals surface area contributed by atoms with Crippen LogP contribution >= 0.6 is 58.0 Å². The largest absolute Gasteiger partial charge is 0.396 e. The summed E-state index contributed by atoms with van der Waals surface area (Å²) in [5.41, 5.74) is 12.1. The summed E-state index contributed by atoms with van der Waals surface area (Å²) in [5.74, 6) is -19.2. The van der Waals surface area contributed by atoms with Crippen LogP contribution in [0.4, 0.5) is 78.0 Å². The highest BCUT2D eigenvalue weighted by Gasteiger charge is 2.43. The number of anilines is 6. The Kier molecular flexibility index (Phi) is 30.0. The monoisotopic (exact) mass is 2030 g/mol. The van der Waals surface area contributed by atoms with Crippen molar-refractivity contribution in [2.24, 2.45) is 0 Å². The van der Waals surface area contributed by atoms with Crippen LogP contribution in [0.5, 0.6) is 0 Å². The molecule has 12 aromatic rings. The zero-order chi connectivity index (χ0) is 104. The van der Waals surface area contributed by atoms with E-state index in [9.17, 15) is 75.3 Å². The Bertz CT molecular complexity index is 6860. The Morgan fingerprint density at radius 3 is 0.908 bits per heavy atom. The summed E-state index contributed by atoms with van der Waals surface area (Å²) in [6.45, 7) is 39.4. The zero-order valence-corrected chi connectivity index (χ0v) is 82.2. The smallest absolute Gasteiger partial charge is 0.276 e. The summed E-state index contributed by atoms with van der Waals surface area (Å²) in [5, 5.41) is 29.4. The molecule has 27 nitrogen and oxygen atoms in total. The van der Waals surface area contributed by atoms with Crippen molar-refractivity contribution in [3.05, 3.63) is 258 Å². The van der Waals surface area contributed by atoms with E-state index in [0.29, 0.717) is 45.1 Å². The number of amides is 3. The van der Waals surface area contributed by atoms with E-state index in [4.69, 9.17) is 75.2 Å². The molecule has 0 spiro atoms. The van der Waals surface area contributed by atoms with Crippen molar-refractivity contribution >= 4 is 143 Å². The van der Waals surface area contributed by atoms with Crippen LogP contribution in [-0.2, 0) is 14.4 Å². The highest BCUT2D eigenvalue weighted by atomic mass is 35.5. The number of carbonyl (C=O) groups is 3. The number of nitrogens with zero attached hydrogens (tertiary/aromatic N) is 18. The first kappa shape index (κ1) is 104. The van der Waals surface area contributed by atoms with Crippen LogP contribution < -0.4 is 48.6 Å². The molecule has 3 saturated heterocycles. The van der Waals surface area contributed by atoms with Gasteiger partial charge in [-0.05, 0) is 151 Å². The van der Waals surface area contributed by atoms with Gasteiger partial charge in [0.25, 0.3) is 16.7 Å². The van der Waals surface area contributed by atoms with E-state index in [1.807, 2.05) is 75.3 Å². The second kappa shape index (κ2) is 40.6. The number of benzene rings is 3. The van der Waals surface area contributed by atoms with E-state index in [2.05, 4.69) is 61.8 Å². The van der Waals surface area contributed by atoms with Gasteiger partial charge in [0.2, 0.25) is 17.7 Å². The van der Waals surface area contributed by atoms with Gasteiger partial charge in [-0.2, -0.15) is 15.8 Å². The third-order valence-corrected chi connectivity index (χ3v) is 26.5. The van der Waals surface area contributed by atoms with Gasteiger partial charge in [-0.1, -0.05) is 119 Å². The number of carbonyl (C=O) groups excluding carboxylic acids is 3. The van der Waals surface area contributed by atoms with Gasteiger partial charge < -0.3 is 46.6 Å². The molecule has 0 unspecified atom stereocenters. The fourth-order valence-electron chi connectivity index (χ4n) is 18.8. The molecule has 0 saturated carbocycles. The third-order valence-electron chi connectivity index (χ3n) is 24.9. The van der Waals surface area contributed by atoms with Crippen molar-refractivity contribution in [2.45, 2.75) is 158 Å². The average Bonchev–Trinajstić information content (AvgIpc) is 0.725. The minimum absolute atomic E-state index is 0.0778. The van der Waals surface area contributed by atoms with Gasteiger partial charge >= 0.3 is 0 Å². The molecule has 42 heteroatoms. The Morgan fingerprint density at radius 2 is 0.631 bits per heavy atom. The van der Waals surface area contributed by atoms with Gasteiger partial charge in [0.1, 0.15) is 56.9 Å². The van der Waals surface area contributed by atoms with E-state index in [1.165, 1.54) is 45.6 Å². The standard InChI is InChI=1S/2C33H30Cl2F3N7O2.C33H30ClF4N7O2/c1-7-21(46)44-16(5)12-43(13-17(44)6)31-18-10-20(34)29(22-24(36)23(35)25(37)26(38)27(22)40)42-32(18)45(33(47)19(31)11-39)30-15(4)8-9-41-28(30)14(2)3;1-7-21(46)44-16(5)12-43(13-17(44)6)31-18-10-20(34)29(22-23(35)27(40)26(38)25(37)24(22)36)42-32(18)45(33(47)19(31)11-39)30-15(4)8-9-41-28(30)14(2)3;1-7-21(46)44-16(5)12-43(13-17(44)6)31-18-10-20(34)29(22-23(35)24(36)25(37)26(38)27(22)40)42-32(18)45(33(47)19(31)11-39)30-15(4)8-9-41-28(30)14(2)3/h3*7-10,14,16-17H,1,12-13,40H2,2-6H3/t3*16-,17+. The SMILES string of the molecule is C=CC(=O)N1[C@H](C)CN(c2c(C#N)c(=O)n(-c3c(C)ccnc3C(C)C)c3nc(-c4c(F)c(F)c(F)c(N)c4Cl)c(Cl)cc23)C[C@@H]1C.C=CC(=O)N1[C@H](C)CN(c2c(C#N)c(=O)n(-c3c(C)ccnc3C(C)C)c3nc(-c4c(N)c(F)c(F)c(Cl)c4F)c(Cl)cc23)C[C@@H]1C.C=CC(=O)N1[C@H](C)CN(c2c(C#N)c(=O)n(-c3c(C)ccnc3C(C)C)c3nc(-c4c(N)c(F)c(F)c(F)c4F)c(Cl)cc23)C[C@@H]1C. The lowest BCUT2D eigenvalue weighted by atomic mass is 10.0. The van der Waals surface area contributed by atoms with E-state index in [1.54, 1.807) is 101 Å². The zero-order valence-electron chi connectivity index (χ0n) is 78.4. The number of halogens is 15. The summed E-state index contributed by atoms with van der Waals surface area (Å²) < 4.78 is 151. The van der Waals surface area contributed by atoms with Gasteiger partial charge in [0, 0.05) is 110 Å². The summed E-state index contributed by atoms with van der Waals surface area (Å²) in [7, 11) is 0. The van der Waals surface area contributed by atoms with Crippen LogP contribution in [-0.4, -0.2) is 152 Å². The van der Waals surface area contributed by atoms with Crippen molar-refractivity contribution in [3.63, 3.8) is 0 Å². The predicted octanol–water partition coefficient (Wildman–Crippen LogP) is 19.5. The van der Waals surface area contributed by atoms with Crippen LogP contribution in [0.25, 0.3) is 83.9 Å². The molecule has 3 aromatic carbocycles. The third kappa shape index (κ3) is 18.0. The predicted molar refractivity (Wildman–Crippen MR) is 525 cm³/mol.